The van der Waals surface area contributed by atoms with E-state index in [0.717, 1.165) is 50.0 Å². The number of H-pyrrole nitrogens is 1. The van der Waals surface area contributed by atoms with E-state index in [1.54, 1.807) is 32.7 Å². The zero-order valence-corrected chi connectivity index (χ0v) is 32.7. The molecule has 1 aromatic heterocycles. The Balaban J connectivity index is 0.985. The molecule has 57 heavy (non-hydrogen) atoms. The molecule has 2 saturated carbocycles. The Bertz CT molecular complexity index is 1640. The van der Waals surface area contributed by atoms with E-state index in [9.17, 15) is 44.3 Å². The summed E-state index contributed by atoms with van der Waals surface area (Å²) in [4.78, 5) is 22.3. The molecule has 2 aromatic rings. The summed E-state index contributed by atoms with van der Waals surface area (Å²) in [5.74, 6) is 3.84. The fourth-order valence-electron chi connectivity index (χ4n) is 9.23. The molecule has 8 nitrogen and oxygen atoms in total. The van der Waals surface area contributed by atoms with Crippen molar-refractivity contribution in [3.05, 3.63) is 41.3 Å². The second kappa shape index (κ2) is 17.7. The van der Waals surface area contributed by atoms with Gasteiger partial charge in [0.15, 0.2) is 0 Å². The number of halogens is 9. The summed E-state index contributed by atoms with van der Waals surface area (Å²) in [5, 5.41) is 0. The summed E-state index contributed by atoms with van der Waals surface area (Å²) in [6.45, 7) is 0.780. The number of imidazole rings is 1. The van der Waals surface area contributed by atoms with E-state index < -0.39 is 43.3 Å². The van der Waals surface area contributed by atoms with Gasteiger partial charge in [0.2, 0.25) is 0 Å². The molecule has 6 unspecified atom stereocenters. The number of rotatable bonds is 14. The molecule has 2 heterocycles. The number of aromatic nitrogens is 2. The number of hydrogen-bond acceptors (Lipinski definition) is 8. The van der Waals surface area contributed by atoms with Crippen LogP contribution >= 0.6 is 21.6 Å². The molecule has 6 rings (SSSR count). The van der Waals surface area contributed by atoms with Crippen LogP contribution in [0.15, 0.2) is 24.4 Å². The van der Waals surface area contributed by atoms with E-state index in [1.807, 2.05) is 12.1 Å². The molecule has 1 aromatic carbocycles. The Morgan fingerprint density at radius 2 is 1.74 bits per heavy atom. The lowest BCUT2D eigenvalue weighted by Crippen LogP contribution is -2.67. The first-order valence-corrected chi connectivity index (χ1v) is 21.4. The highest BCUT2D eigenvalue weighted by Gasteiger charge is 2.85. The lowest BCUT2D eigenvalue weighted by molar-refractivity contribution is -0.457. The van der Waals surface area contributed by atoms with Crippen LogP contribution in [0.1, 0.15) is 74.7 Å². The van der Waals surface area contributed by atoms with Gasteiger partial charge in [-0.15, -0.1) is 0 Å². The number of nitrogens with one attached hydrogen (secondary N) is 1. The monoisotopic (exact) mass is 854 g/mol. The lowest BCUT2D eigenvalue weighted by Gasteiger charge is -2.50. The molecule has 3 fully saturated rings. The summed E-state index contributed by atoms with van der Waals surface area (Å²) in [6, 6.07) is 6.02. The molecule has 6 atom stereocenters. The van der Waals surface area contributed by atoms with Crippen molar-refractivity contribution >= 4 is 48.2 Å². The Morgan fingerprint density at radius 3 is 2.40 bits per heavy atom. The van der Waals surface area contributed by atoms with Crippen LogP contribution in [0.5, 0.6) is 5.75 Å². The zero-order valence-electron chi connectivity index (χ0n) is 31.1. The molecule has 1 N–H and O–H groups in total. The van der Waals surface area contributed by atoms with Gasteiger partial charge in [0.25, 0.3) is 0 Å². The standard InChI is InChI=1S/C36H43B2F9N3O5S2/c1-32-11-9-25-24-6-4-23(52-14-15-54-31(51)50(22-10-16-56-57-20-22)19-30-48-18-29(38-37)49-30)17-21(24)3-5-26(25)27(32)7-8-28(32)53-12-2-13-55-33(34(39,40)41,35(42,43)44)36(45,46)47/h4,6,17-18,22,25-28H,2-3,5,7-16,19-20H2,1H3,(H,48,49). The minimum Gasteiger partial charge on any atom is -0.490 e. The van der Waals surface area contributed by atoms with Crippen LogP contribution in [0.3, 0.4) is 0 Å². The SMILES string of the molecule is [B][B]c1cnc(CN(C(=O)OCCOc2ccc3c(c2)CCC2C3CCC3(C)C(OCCCOC(C(F)(F)F)(C(F)(F)F)C(F)(F)F)CCC23)C2CCSSC2)[nH]1. The molecule has 0 bridgehead atoms. The molecule has 0 spiro atoms. The van der Waals surface area contributed by atoms with E-state index in [0.29, 0.717) is 29.5 Å². The molecular formula is C36H43B2F9N3O5S2. The molecular weight excluding hydrogens is 811 g/mol. The summed E-state index contributed by atoms with van der Waals surface area (Å²) in [5.41, 5.74) is -3.51. The smallest absolute Gasteiger partial charge is 0.435 e. The van der Waals surface area contributed by atoms with Crippen molar-refractivity contribution < 1.29 is 63.3 Å². The van der Waals surface area contributed by atoms with E-state index in [2.05, 4.69) is 27.7 Å². The van der Waals surface area contributed by atoms with Gasteiger partial charge in [-0.25, -0.2) is 9.78 Å². The first kappa shape index (κ1) is 44.2. The Kier molecular flexibility index (Phi) is 13.7. The third-order valence-corrected chi connectivity index (χ3v) is 14.5. The molecule has 21 heteroatoms. The third kappa shape index (κ3) is 9.20. The number of hydrogen-bond donors (Lipinski definition) is 1. The largest absolute Gasteiger partial charge is 0.490 e. The molecule has 4 aliphatic rings. The minimum atomic E-state index is -6.76. The summed E-state index contributed by atoms with van der Waals surface area (Å²) < 4.78 is 140. The number of ether oxygens (including phenoxy) is 4. The van der Waals surface area contributed by atoms with Crippen molar-refractivity contribution in [2.45, 2.75) is 107 Å². The van der Waals surface area contributed by atoms with Gasteiger partial charge in [-0.1, -0.05) is 34.6 Å². The van der Waals surface area contributed by atoms with Crippen molar-refractivity contribution in [3.8, 4) is 5.75 Å². The van der Waals surface area contributed by atoms with Crippen molar-refractivity contribution in [3.63, 3.8) is 0 Å². The summed E-state index contributed by atoms with van der Waals surface area (Å²) >= 11 is 0. The number of aryl methyl sites for hydroxylation is 1. The summed E-state index contributed by atoms with van der Waals surface area (Å²) in [7, 11) is 10.5. The van der Waals surface area contributed by atoms with E-state index >= 15 is 0 Å². The second-order valence-electron chi connectivity index (χ2n) is 15.2. The van der Waals surface area contributed by atoms with Crippen LogP contribution in [0, 0.1) is 17.3 Å². The molecule has 3 radical (unpaired) electrons. The van der Waals surface area contributed by atoms with Gasteiger partial charge in [0, 0.05) is 38.1 Å². The Morgan fingerprint density at radius 1 is 0.982 bits per heavy atom. The van der Waals surface area contributed by atoms with Crippen LogP contribution in [0.25, 0.3) is 0 Å². The first-order valence-electron chi connectivity index (χ1n) is 18.9. The normalized spacial score (nSPS) is 26.6. The molecule has 3 aliphatic carbocycles. The highest BCUT2D eigenvalue weighted by atomic mass is 33.1. The van der Waals surface area contributed by atoms with Gasteiger partial charge in [0.05, 0.1) is 19.3 Å². The number of aromatic amines is 1. The maximum Gasteiger partial charge on any atom is 0.435 e. The van der Waals surface area contributed by atoms with Crippen LogP contribution in [-0.4, -0.2) is 110 Å². The third-order valence-electron chi connectivity index (χ3n) is 12.0. The van der Waals surface area contributed by atoms with Crippen LogP contribution in [0.4, 0.5) is 44.3 Å². The Labute approximate surface area is 334 Å². The molecule has 1 amide bonds. The average Bonchev–Trinajstić information content (AvgIpc) is 3.75. The first-order chi connectivity index (χ1) is 26.9. The highest BCUT2D eigenvalue weighted by molar-refractivity contribution is 8.76. The summed E-state index contributed by atoms with van der Waals surface area (Å²) in [6.07, 6.45) is -14.4. The maximum absolute atomic E-state index is 13.2. The quantitative estimate of drug-likeness (QED) is 0.0885. The van der Waals surface area contributed by atoms with Crippen LogP contribution in [0.2, 0.25) is 0 Å². The fourth-order valence-corrected chi connectivity index (χ4v) is 11.7. The number of carbonyl (C=O) groups excluding carboxylic acids is 1. The predicted octanol–water partition coefficient (Wildman–Crippen LogP) is 8.07. The van der Waals surface area contributed by atoms with E-state index in [-0.39, 0.29) is 55.8 Å². The Hall–Kier alpha value is -2.38. The topological polar surface area (TPSA) is 85.9 Å². The number of fused-ring (bicyclic) bond motifs is 5. The number of amides is 1. The number of alkyl halides is 9. The highest BCUT2D eigenvalue weighted by Crippen LogP contribution is 2.62. The van der Waals surface area contributed by atoms with E-state index in [4.69, 9.17) is 21.9 Å². The zero-order chi connectivity index (χ0) is 41.2. The average molecular weight is 854 g/mol. The van der Waals surface area contributed by atoms with E-state index in [1.165, 1.54) is 18.3 Å². The maximum atomic E-state index is 13.2. The number of nitrogens with zero attached hydrogens (tertiary/aromatic N) is 2. The van der Waals surface area contributed by atoms with Gasteiger partial charge in [-0.3, -0.25) is 4.90 Å². The van der Waals surface area contributed by atoms with Gasteiger partial charge in [-0.05, 0) is 103 Å². The molecule has 1 saturated heterocycles. The van der Waals surface area contributed by atoms with Crippen molar-refractivity contribution in [1.29, 1.82) is 0 Å². The molecule has 1 aliphatic heterocycles. The van der Waals surface area contributed by atoms with Crippen molar-refractivity contribution in [2.24, 2.45) is 17.3 Å². The lowest BCUT2D eigenvalue weighted by atomic mass is 9.54. The van der Waals surface area contributed by atoms with Crippen LogP contribution < -0.4 is 10.3 Å². The second-order valence-corrected chi connectivity index (χ2v) is 17.9. The van der Waals surface area contributed by atoms with Gasteiger partial charge in [0.1, 0.15) is 32.0 Å². The fraction of sp³-hybridized carbons (Fsp3) is 0.722. The van der Waals surface area contributed by atoms with Gasteiger partial charge >= 0.3 is 30.2 Å². The minimum absolute atomic E-state index is 0.000394. The van der Waals surface area contributed by atoms with Gasteiger partial charge < -0.3 is 23.9 Å². The molecule has 313 valence electrons. The number of carbonyl (C=O) groups is 1. The predicted molar refractivity (Wildman–Crippen MR) is 198 cm³/mol. The van der Waals surface area contributed by atoms with Crippen LogP contribution in [-0.2, 0) is 27.2 Å². The van der Waals surface area contributed by atoms with Crippen molar-refractivity contribution in [1.82, 2.24) is 14.9 Å². The number of benzene rings is 1. The van der Waals surface area contributed by atoms with Gasteiger partial charge in [-0.2, -0.15) is 39.5 Å². The van der Waals surface area contributed by atoms with Crippen molar-refractivity contribution in [2.75, 3.05) is 37.9 Å².